The first-order valence-electron chi connectivity index (χ1n) is 8.03. The summed E-state index contributed by atoms with van der Waals surface area (Å²) >= 11 is 0. The highest BCUT2D eigenvalue weighted by atomic mass is 16.2. The zero-order chi connectivity index (χ0) is 16.5. The topological polar surface area (TPSA) is 60.7 Å². The third-order valence-corrected chi connectivity index (χ3v) is 4.72. The van der Waals surface area contributed by atoms with Crippen LogP contribution in [0.25, 0.3) is 44.5 Å². The average Bonchev–Trinajstić information content (AvgIpc) is 3.14. The predicted octanol–water partition coefficient (Wildman–Crippen LogP) is 3.80. The summed E-state index contributed by atoms with van der Waals surface area (Å²) in [7, 11) is 0. The molecule has 0 unspecified atom stereocenters. The van der Waals surface area contributed by atoms with E-state index in [-0.39, 0.29) is 5.91 Å². The molecule has 5 nitrogen and oxygen atoms in total. The Kier molecular flexibility index (Phi) is 2.18. The maximum absolute atomic E-state index is 12.8. The van der Waals surface area contributed by atoms with E-state index in [1.807, 2.05) is 60.7 Å². The summed E-state index contributed by atoms with van der Waals surface area (Å²) in [4.78, 5) is 26.9. The third kappa shape index (κ3) is 1.57. The van der Waals surface area contributed by atoms with Crippen molar-refractivity contribution >= 4 is 39.0 Å². The van der Waals surface area contributed by atoms with Gasteiger partial charge in [0.05, 0.1) is 38.7 Å². The van der Waals surface area contributed by atoms with E-state index < -0.39 is 0 Å². The van der Waals surface area contributed by atoms with Crippen molar-refractivity contribution in [2.45, 2.75) is 0 Å². The Balaban J connectivity index is 1.74. The minimum atomic E-state index is -0.0406. The molecule has 6 rings (SSSR count). The monoisotopic (exact) mass is 322 g/mol. The van der Waals surface area contributed by atoms with E-state index in [1.54, 1.807) is 4.57 Å². The summed E-state index contributed by atoms with van der Waals surface area (Å²) in [6, 6.07) is 19.2. The van der Waals surface area contributed by atoms with Crippen molar-refractivity contribution in [3.8, 4) is 11.4 Å². The SMILES string of the molecule is O=C1c2ccccc2-c2nc3cc4nc5ccccc5nc4cc3n21. The summed E-state index contributed by atoms with van der Waals surface area (Å²) < 4.78 is 1.68. The Bertz CT molecular complexity index is 1370. The lowest BCUT2D eigenvalue weighted by Gasteiger charge is -2.02. The first-order chi connectivity index (χ1) is 12.3. The fraction of sp³-hybridized carbons (Fsp3) is 0. The molecule has 0 saturated carbocycles. The van der Waals surface area contributed by atoms with Crippen molar-refractivity contribution in [1.82, 2.24) is 19.5 Å². The molecule has 0 N–H and O–H groups in total. The Morgan fingerprint density at radius 3 is 2.04 bits per heavy atom. The van der Waals surface area contributed by atoms with Gasteiger partial charge < -0.3 is 0 Å². The van der Waals surface area contributed by atoms with E-state index >= 15 is 0 Å². The molecule has 1 aliphatic rings. The first-order valence-corrected chi connectivity index (χ1v) is 8.03. The van der Waals surface area contributed by atoms with Gasteiger partial charge in [0.15, 0.2) is 0 Å². The van der Waals surface area contributed by atoms with Gasteiger partial charge in [-0.15, -0.1) is 0 Å². The quantitative estimate of drug-likeness (QED) is 0.399. The van der Waals surface area contributed by atoms with Crippen LogP contribution < -0.4 is 0 Å². The van der Waals surface area contributed by atoms with Crippen LogP contribution in [0.3, 0.4) is 0 Å². The molecule has 116 valence electrons. The lowest BCUT2D eigenvalue weighted by molar-refractivity contribution is 0.0973. The maximum atomic E-state index is 12.8. The van der Waals surface area contributed by atoms with Crippen molar-refractivity contribution in [1.29, 1.82) is 0 Å². The van der Waals surface area contributed by atoms with Crippen molar-refractivity contribution in [2.24, 2.45) is 0 Å². The summed E-state index contributed by atoms with van der Waals surface area (Å²) in [6.07, 6.45) is 0. The molecule has 0 bridgehead atoms. The molecular weight excluding hydrogens is 312 g/mol. The molecule has 1 aliphatic heterocycles. The molecule has 5 aromatic rings. The summed E-state index contributed by atoms with van der Waals surface area (Å²) in [5, 5.41) is 0. The molecule has 0 radical (unpaired) electrons. The van der Waals surface area contributed by atoms with Crippen LogP contribution in [0.5, 0.6) is 0 Å². The van der Waals surface area contributed by atoms with Crippen LogP contribution in [-0.2, 0) is 0 Å². The van der Waals surface area contributed by atoms with Gasteiger partial charge >= 0.3 is 0 Å². The summed E-state index contributed by atoms with van der Waals surface area (Å²) in [5.41, 5.74) is 6.33. The minimum Gasteiger partial charge on any atom is -0.268 e. The van der Waals surface area contributed by atoms with Crippen LogP contribution in [0, 0.1) is 0 Å². The molecule has 0 fully saturated rings. The fourth-order valence-electron chi connectivity index (χ4n) is 3.56. The Hall–Kier alpha value is -3.60. The van der Waals surface area contributed by atoms with Gasteiger partial charge in [0, 0.05) is 5.56 Å². The van der Waals surface area contributed by atoms with E-state index in [2.05, 4.69) is 9.97 Å². The van der Waals surface area contributed by atoms with Crippen LogP contribution in [0.4, 0.5) is 0 Å². The number of aromatic nitrogens is 4. The van der Waals surface area contributed by atoms with Gasteiger partial charge in [-0.3, -0.25) is 9.36 Å². The Morgan fingerprint density at radius 1 is 0.640 bits per heavy atom. The van der Waals surface area contributed by atoms with Crippen molar-refractivity contribution < 1.29 is 4.79 Å². The number of imidazole rings is 1. The molecule has 0 amide bonds. The lowest BCUT2D eigenvalue weighted by atomic mass is 10.1. The summed E-state index contributed by atoms with van der Waals surface area (Å²) in [6.45, 7) is 0. The van der Waals surface area contributed by atoms with E-state index in [9.17, 15) is 4.79 Å². The Labute approximate surface area is 141 Å². The van der Waals surface area contributed by atoms with Gasteiger partial charge in [-0.25, -0.2) is 15.0 Å². The van der Waals surface area contributed by atoms with Gasteiger partial charge in [-0.1, -0.05) is 30.3 Å². The number of rotatable bonds is 0. The van der Waals surface area contributed by atoms with Crippen molar-refractivity contribution in [3.05, 3.63) is 66.2 Å². The van der Waals surface area contributed by atoms with Gasteiger partial charge in [-0.05, 0) is 30.3 Å². The average molecular weight is 322 g/mol. The minimum absolute atomic E-state index is 0.0406. The third-order valence-electron chi connectivity index (χ3n) is 4.72. The Morgan fingerprint density at radius 2 is 1.28 bits per heavy atom. The van der Waals surface area contributed by atoms with Gasteiger partial charge in [0.2, 0.25) is 0 Å². The van der Waals surface area contributed by atoms with E-state index in [0.29, 0.717) is 11.4 Å². The molecule has 0 saturated heterocycles. The molecule has 0 atom stereocenters. The molecule has 0 spiro atoms. The zero-order valence-electron chi connectivity index (χ0n) is 13.0. The molecule has 5 heteroatoms. The van der Waals surface area contributed by atoms with Gasteiger partial charge in [0.25, 0.3) is 5.91 Å². The molecule has 3 aromatic carbocycles. The number of para-hydroxylation sites is 2. The highest BCUT2D eigenvalue weighted by molar-refractivity contribution is 6.13. The molecule has 3 heterocycles. The number of carbonyl (C=O) groups excluding carboxylic acids is 1. The summed E-state index contributed by atoms with van der Waals surface area (Å²) in [5.74, 6) is 0.650. The van der Waals surface area contributed by atoms with E-state index in [4.69, 9.17) is 4.98 Å². The largest absolute Gasteiger partial charge is 0.268 e. The first kappa shape index (κ1) is 12.8. The van der Waals surface area contributed by atoms with Crippen molar-refractivity contribution in [3.63, 3.8) is 0 Å². The number of carbonyl (C=O) groups is 1. The van der Waals surface area contributed by atoms with Crippen LogP contribution in [-0.4, -0.2) is 25.4 Å². The fourth-order valence-corrected chi connectivity index (χ4v) is 3.56. The predicted molar refractivity (Wildman–Crippen MR) is 95.5 cm³/mol. The second kappa shape index (κ2) is 4.27. The lowest BCUT2D eigenvalue weighted by Crippen LogP contribution is -2.05. The van der Waals surface area contributed by atoms with Crippen LogP contribution in [0.15, 0.2) is 60.7 Å². The van der Waals surface area contributed by atoms with Gasteiger partial charge in [-0.2, -0.15) is 0 Å². The maximum Gasteiger partial charge on any atom is 0.264 e. The molecule has 2 aromatic heterocycles. The molecular formula is C20H10N4O. The second-order valence-corrected chi connectivity index (χ2v) is 6.16. The number of hydrogen-bond acceptors (Lipinski definition) is 4. The standard InChI is InChI=1S/C20H10N4O/c25-20-12-6-2-1-5-11(12)19-23-17-9-15-16(10-18(17)24(19)20)22-14-8-4-3-7-13(14)21-15/h1-10H. The smallest absolute Gasteiger partial charge is 0.264 e. The van der Waals surface area contributed by atoms with Crippen LogP contribution >= 0.6 is 0 Å². The molecule has 25 heavy (non-hydrogen) atoms. The van der Waals surface area contributed by atoms with E-state index in [1.165, 1.54) is 0 Å². The highest BCUT2D eigenvalue weighted by Crippen LogP contribution is 2.35. The van der Waals surface area contributed by atoms with Crippen LogP contribution in [0.2, 0.25) is 0 Å². The highest BCUT2D eigenvalue weighted by Gasteiger charge is 2.29. The second-order valence-electron chi connectivity index (χ2n) is 6.16. The van der Waals surface area contributed by atoms with Crippen LogP contribution in [0.1, 0.15) is 10.4 Å². The number of hydrogen-bond donors (Lipinski definition) is 0. The zero-order valence-corrected chi connectivity index (χ0v) is 13.0. The molecule has 0 aliphatic carbocycles. The number of benzene rings is 3. The van der Waals surface area contributed by atoms with E-state index in [0.717, 1.165) is 38.7 Å². The number of fused-ring (bicyclic) bond motifs is 7. The van der Waals surface area contributed by atoms with Crippen molar-refractivity contribution in [2.75, 3.05) is 0 Å². The number of nitrogens with zero attached hydrogens (tertiary/aromatic N) is 4. The van der Waals surface area contributed by atoms with Gasteiger partial charge in [0.1, 0.15) is 5.82 Å². The normalized spacial score (nSPS) is 12.9.